The Morgan fingerprint density at radius 3 is 2.47 bits per heavy atom. The number of rotatable bonds is 5. The summed E-state index contributed by atoms with van der Waals surface area (Å²) in [5, 5.41) is 16.1. The van der Waals surface area contributed by atoms with Gasteiger partial charge in [0.1, 0.15) is 11.1 Å². The number of nitrogens with zero attached hydrogens (tertiary/aromatic N) is 1. The van der Waals surface area contributed by atoms with Crippen LogP contribution in [0.2, 0.25) is 0 Å². The molecule has 0 bridgehead atoms. The van der Waals surface area contributed by atoms with Crippen molar-refractivity contribution in [3.05, 3.63) is 33.7 Å². The van der Waals surface area contributed by atoms with Gasteiger partial charge in [0.2, 0.25) is 5.75 Å². The molecule has 1 amide bonds. The number of hydrogen-bond donors (Lipinski definition) is 2. The number of anilines is 1. The molecule has 1 heterocycles. The summed E-state index contributed by atoms with van der Waals surface area (Å²) in [5.41, 5.74) is 2.02. The van der Waals surface area contributed by atoms with Crippen molar-refractivity contribution in [1.82, 2.24) is 5.32 Å². The van der Waals surface area contributed by atoms with Crippen LogP contribution in [-0.4, -0.2) is 32.3 Å². The molecule has 30 heavy (non-hydrogen) atoms. The second-order valence-electron chi connectivity index (χ2n) is 6.99. The molecule has 1 aromatic carbocycles. The van der Waals surface area contributed by atoms with Crippen LogP contribution in [0.5, 0.6) is 17.2 Å². The summed E-state index contributed by atoms with van der Waals surface area (Å²) in [6.45, 7) is 2.21. The van der Waals surface area contributed by atoms with Gasteiger partial charge in [0, 0.05) is 10.4 Å². The zero-order chi connectivity index (χ0) is 21.8. The van der Waals surface area contributed by atoms with Gasteiger partial charge in [0.25, 0.3) is 5.91 Å². The highest BCUT2D eigenvalue weighted by molar-refractivity contribution is 7.80. The minimum atomic E-state index is -0.430. The molecule has 0 spiro atoms. The van der Waals surface area contributed by atoms with Crippen molar-refractivity contribution in [3.63, 3.8) is 0 Å². The van der Waals surface area contributed by atoms with Crippen LogP contribution in [0.3, 0.4) is 0 Å². The first-order chi connectivity index (χ1) is 14.4. The molecule has 7 nitrogen and oxygen atoms in total. The van der Waals surface area contributed by atoms with Crippen LogP contribution in [0.1, 0.15) is 39.7 Å². The number of methoxy groups -OCH3 is 3. The average Bonchev–Trinajstić information content (AvgIpc) is 3.07. The topological polar surface area (TPSA) is 92.6 Å². The van der Waals surface area contributed by atoms with Crippen LogP contribution >= 0.6 is 23.6 Å². The second kappa shape index (κ2) is 9.32. The lowest BCUT2D eigenvalue weighted by molar-refractivity contribution is 0.0977. The van der Waals surface area contributed by atoms with Gasteiger partial charge in [-0.3, -0.25) is 10.1 Å². The fraction of sp³-hybridized carbons (Fsp3) is 0.381. The van der Waals surface area contributed by atoms with E-state index in [9.17, 15) is 10.1 Å². The Kier molecular flexibility index (Phi) is 6.80. The summed E-state index contributed by atoms with van der Waals surface area (Å²) in [7, 11) is 4.45. The first kappa shape index (κ1) is 21.9. The summed E-state index contributed by atoms with van der Waals surface area (Å²) in [5.74, 6) is 1.30. The van der Waals surface area contributed by atoms with Crippen molar-refractivity contribution < 1.29 is 19.0 Å². The zero-order valence-electron chi connectivity index (χ0n) is 17.3. The van der Waals surface area contributed by atoms with Crippen molar-refractivity contribution in [2.24, 2.45) is 5.92 Å². The quantitative estimate of drug-likeness (QED) is 0.674. The smallest absolute Gasteiger partial charge is 0.257 e. The number of carbonyl (C=O) groups excluding carboxylic acids is 1. The predicted octanol–water partition coefficient (Wildman–Crippen LogP) is 3.90. The molecule has 1 aliphatic rings. The molecule has 3 rings (SSSR count). The van der Waals surface area contributed by atoms with E-state index < -0.39 is 5.91 Å². The van der Waals surface area contributed by atoms with Crippen molar-refractivity contribution in [2.75, 3.05) is 26.6 Å². The molecule has 2 N–H and O–H groups in total. The largest absolute Gasteiger partial charge is 0.493 e. The number of nitriles is 1. The van der Waals surface area contributed by atoms with E-state index in [-0.39, 0.29) is 5.11 Å². The van der Waals surface area contributed by atoms with E-state index in [1.54, 1.807) is 12.1 Å². The third kappa shape index (κ3) is 4.35. The van der Waals surface area contributed by atoms with E-state index >= 15 is 0 Å². The van der Waals surface area contributed by atoms with Crippen molar-refractivity contribution in [1.29, 1.82) is 5.26 Å². The Hall–Kier alpha value is -2.83. The Balaban J connectivity index is 1.78. The molecule has 0 radical (unpaired) electrons. The van der Waals surface area contributed by atoms with Crippen LogP contribution in [0.15, 0.2) is 12.1 Å². The highest BCUT2D eigenvalue weighted by Gasteiger charge is 2.25. The Bertz CT molecular complexity index is 1000. The molecule has 9 heteroatoms. The van der Waals surface area contributed by atoms with Gasteiger partial charge in [-0.1, -0.05) is 6.92 Å². The summed E-state index contributed by atoms with van der Waals surface area (Å²) >= 11 is 6.85. The number of nitrogens with one attached hydrogen (secondary N) is 2. The molecule has 2 aromatic rings. The lowest BCUT2D eigenvalue weighted by Crippen LogP contribution is -2.34. The van der Waals surface area contributed by atoms with E-state index in [1.165, 1.54) is 37.5 Å². The maximum absolute atomic E-state index is 12.7. The maximum atomic E-state index is 12.7. The molecule has 1 atom stereocenters. The zero-order valence-corrected chi connectivity index (χ0v) is 18.9. The van der Waals surface area contributed by atoms with Gasteiger partial charge in [-0.2, -0.15) is 5.26 Å². The normalized spacial score (nSPS) is 14.8. The van der Waals surface area contributed by atoms with Crippen molar-refractivity contribution in [2.45, 2.75) is 26.2 Å². The van der Waals surface area contributed by atoms with Crippen molar-refractivity contribution >= 4 is 39.6 Å². The molecule has 0 fully saturated rings. The van der Waals surface area contributed by atoms with Crippen LogP contribution in [0, 0.1) is 17.2 Å². The second-order valence-corrected chi connectivity index (χ2v) is 8.50. The molecular formula is C21H23N3O4S2. The highest BCUT2D eigenvalue weighted by Crippen LogP contribution is 2.40. The third-order valence-electron chi connectivity index (χ3n) is 5.00. The molecule has 0 saturated carbocycles. The van der Waals surface area contributed by atoms with Crippen LogP contribution < -0.4 is 24.8 Å². The SMILES string of the molecule is COc1cc(C(=O)NC(=S)Nc2sc3c(c2C#N)CC[C@@H](C)C3)cc(OC)c1OC. The van der Waals surface area contributed by atoms with Gasteiger partial charge in [-0.05, 0) is 55.1 Å². The maximum Gasteiger partial charge on any atom is 0.257 e. The molecule has 1 aliphatic carbocycles. The van der Waals surface area contributed by atoms with Crippen molar-refractivity contribution in [3.8, 4) is 23.3 Å². The van der Waals surface area contributed by atoms with E-state index in [1.807, 2.05) is 0 Å². The highest BCUT2D eigenvalue weighted by atomic mass is 32.1. The van der Waals surface area contributed by atoms with Gasteiger partial charge in [0.15, 0.2) is 16.6 Å². The van der Waals surface area contributed by atoms with E-state index in [0.717, 1.165) is 24.8 Å². The summed E-state index contributed by atoms with van der Waals surface area (Å²) in [6.07, 6.45) is 2.92. The lowest BCUT2D eigenvalue weighted by Gasteiger charge is -2.17. The summed E-state index contributed by atoms with van der Waals surface area (Å²) < 4.78 is 15.9. The first-order valence-corrected chi connectivity index (χ1v) is 10.6. The van der Waals surface area contributed by atoms with Gasteiger partial charge in [0.05, 0.1) is 26.9 Å². The monoisotopic (exact) mass is 445 g/mol. The van der Waals surface area contributed by atoms with Crippen LogP contribution in [0.4, 0.5) is 5.00 Å². The number of carbonyl (C=O) groups is 1. The Labute approximate surface area is 184 Å². The fourth-order valence-electron chi connectivity index (χ4n) is 3.48. The molecule has 0 unspecified atom stereocenters. The number of benzene rings is 1. The van der Waals surface area contributed by atoms with Gasteiger partial charge < -0.3 is 19.5 Å². The summed E-state index contributed by atoms with van der Waals surface area (Å²) in [4.78, 5) is 13.9. The molecule has 0 saturated heterocycles. The summed E-state index contributed by atoms with van der Waals surface area (Å²) in [6, 6.07) is 5.37. The molecule has 1 aromatic heterocycles. The number of thiophene rings is 1. The Morgan fingerprint density at radius 2 is 1.90 bits per heavy atom. The standard InChI is InChI=1S/C21H23N3O4S2/c1-11-5-6-13-14(10-22)20(30-17(13)7-11)24-21(29)23-19(25)12-8-15(26-2)18(28-4)16(9-12)27-3/h8-9,11H,5-7H2,1-4H3,(H2,23,24,25,29)/t11-/m1/s1. The number of fused-ring (bicyclic) bond motifs is 1. The number of amides is 1. The first-order valence-electron chi connectivity index (χ1n) is 9.38. The molecular weight excluding hydrogens is 422 g/mol. The van der Waals surface area contributed by atoms with Gasteiger partial charge in [-0.15, -0.1) is 11.3 Å². The third-order valence-corrected chi connectivity index (χ3v) is 6.38. The minimum Gasteiger partial charge on any atom is -0.493 e. The van der Waals surface area contributed by atoms with Gasteiger partial charge >= 0.3 is 0 Å². The van der Waals surface area contributed by atoms with Crippen LogP contribution in [0.25, 0.3) is 0 Å². The van der Waals surface area contributed by atoms with Gasteiger partial charge in [-0.25, -0.2) is 0 Å². The predicted molar refractivity (Wildman–Crippen MR) is 120 cm³/mol. The minimum absolute atomic E-state index is 0.122. The van der Waals surface area contributed by atoms with Crippen LogP contribution in [-0.2, 0) is 12.8 Å². The Morgan fingerprint density at radius 1 is 1.23 bits per heavy atom. The average molecular weight is 446 g/mol. The van der Waals surface area contributed by atoms with E-state index in [2.05, 4.69) is 23.6 Å². The number of hydrogen-bond acceptors (Lipinski definition) is 7. The lowest BCUT2D eigenvalue weighted by atomic mass is 9.89. The fourth-order valence-corrected chi connectivity index (χ4v) is 5.10. The van der Waals surface area contributed by atoms with E-state index in [0.29, 0.717) is 39.3 Å². The molecule has 158 valence electrons. The number of ether oxygens (including phenoxy) is 3. The number of thiocarbonyl (C=S) groups is 1. The molecule has 0 aliphatic heterocycles. The van der Waals surface area contributed by atoms with E-state index in [4.69, 9.17) is 26.4 Å².